The van der Waals surface area contributed by atoms with E-state index in [1.165, 1.54) is 16.7 Å². The first-order chi connectivity index (χ1) is 9.82. The van der Waals surface area contributed by atoms with Gasteiger partial charge in [-0.15, -0.1) is 0 Å². The van der Waals surface area contributed by atoms with Crippen LogP contribution in [0.5, 0.6) is 0 Å². The maximum atomic E-state index is 12.3. The summed E-state index contributed by atoms with van der Waals surface area (Å²) in [5.41, 5.74) is -0.780. The molecule has 6 heteroatoms. The van der Waals surface area contributed by atoms with E-state index in [0.29, 0.717) is 17.0 Å². The van der Waals surface area contributed by atoms with Gasteiger partial charge in [-0.1, -0.05) is 0 Å². The number of nitrogens with zero attached hydrogens (tertiary/aromatic N) is 1. The molecule has 1 aromatic heterocycles. The number of benzene rings is 1. The molecular formula is C15H16N2O4. The van der Waals surface area contributed by atoms with Crippen LogP contribution >= 0.6 is 0 Å². The number of fused-ring (bicyclic) bond motifs is 1. The second kappa shape index (κ2) is 4.31. The summed E-state index contributed by atoms with van der Waals surface area (Å²) < 4.78 is 1.50. The van der Waals surface area contributed by atoms with E-state index in [1.807, 2.05) is 13.8 Å². The number of nitrogens with one attached hydrogen (secondary N) is 1. The predicted octanol–water partition coefficient (Wildman–Crippen LogP) is 1.53. The Balaban J connectivity index is 2.37. The SMILES string of the molecule is CC(C)(C1CC1)n1c(=O)c(=O)[nH]c2cc(C(=O)O)ccc21. The van der Waals surface area contributed by atoms with E-state index in [-0.39, 0.29) is 5.56 Å². The summed E-state index contributed by atoms with van der Waals surface area (Å²) in [6, 6.07) is 4.42. The van der Waals surface area contributed by atoms with E-state index in [2.05, 4.69) is 4.98 Å². The standard InChI is InChI=1S/C15H16N2O4/c1-15(2,9-4-5-9)17-11-6-3-8(14(20)21)7-10(11)16-12(18)13(17)19/h3,6-7,9H,4-5H2,1-2H3,(H,16,18)(H,20,21). The summed E-state index contributed by atoms with van der Waals surface area (Å²) in [5, 5.41) is 9.04. The molecule has 1 saturated carbocycles. The zero-order chi connectivity index (χ0) is 15.4. The number of carbonyl (C=O) groups is 1. The first-order valence-electron chi connectivity index (χ1n) is 6.85. The summed E-state index contributed by atoms with van der Waals surface area (Å²) in [7, 11) is 0. The Bertz CT molecular complexity index is 856. The van der Waals surface area contributed by atoms with Crippen molar-refractivity contribution in [1.82, 2.24) is 9.55 Å². The summed E-state index contributed by atoms with van der Waals surface area (Å²) in [5.74, 6) is -0.712. The molecule has 0 saturated heterocycles. The molecule has 0 atom stereocenters. The van der Waals surface area contributed by atoms with Crippen LogP contribution in [0, 0.1) is 5.92 Å². The van der Waals surface area contributed by atoms with Crippen molar-refractivity contribution < 1.29 is 9.90 Å². The van der Waals surface area contributed by atoms with E-state index in [0.717, 1.165) is 12.8 Å². The van der Waals surface area contributed by atoms with Gasteiger partial charge < -0.3 is 10.1 Å². The van der Waals surface area contributed by atoms with Crippen LogP contribution in [0.3, 0.4) is 0 Å². The second-order valence-electron chi connectivity index (χ2n) is 6.06. The molecule has 1 aliphatic rings. The van der Waals surface area contributed by atoms with Gasteiger partial charge in [0, 0.05) is 5.54 Å². The Morgan fingerprint density at radius 2 is 2.00 bits per heavy atom. The van der Waals surface area contributed by atoms with Crippen molar-refractivity contribution in [2.24, 2.45) is 5.92 Å². The Morgan fingerprint density at radius 1 is 1.33 bits per heavy atom. The van der Waals surface area contributed by atoms with E-state index in [1.54, 1.807) is 6.07 Å². The van der Waals surface area contributed by atoms with Gasteiger partial charge in [-0.3, -0.25) is 14.2 Å². The Hall–Kier alpha value is -2.37. The predicted molar refractivity (Wildman–Crippen MR) is 77.8 cm³/mol. The number of hydrogen-bond acceptors (Lipinski definition) is 3. The van der Waals surface area contributed by atoms with Crippen LogP contribution < -0.4 is 11.1 Å². The Kier molecular flexibility index (Phi) is 2.79. The molecule has 2 aromatic rings. The third kappa shape index (κ3) is 2.07. The highest BCUT2D eigenvalue weighted by molar-refractivity contribution is 5.92. The number of aromatic nitrogens is 2. The van der Waals surface area contributed by atoms with Crippen molar-refractivity contribution >= 4 is 17.0 Å². The highest BCUT2D eigenvalue weighted by Gasteiger charge is 2.40. The van der Waals surface area contributed by atoms with E-state index in [4.69, 9.17) is 5.11 Å². The number of carboxylic acid groups (broad SMARTS) is 1. The summed E-state index contributed by atoms with van der Waals surface area (Å²) in [6.07, 6.45) is 2.06. The fraction of sp³-hybridized carbons (Fsp3) is 0.400. The highest BCUT2D eigenvalue weighted by Crippen LogP contribution is 2.43. The number of aromatic amines is 1. The minimum absolute atomic E-state index is 0.0765. The molecule has 0 aliphatic heterocycles. The summed E-state index contributed by atoms with van der Waals surface area (Å²) in [6.45, 7) is 3.88. The third-order valence-corrected chi connectivity index (χ3v) is 4.28. The van der Waals surface area contributed by atoms with Crippen LogP contribution in [-0.4, -0.2) is 20.6 Å². The minimum Gasteiger partial charge on any atom is -0.478 e. The van der Waals surface area contributed by atoms with Gasteiger partial charge in [0.05, 0.1) is 16.6 Å². The lowest BCUT2D eigenvalue weighted by atomic mass is 9.97. The topological polar surface area (TPSA) is 92.2 Å². The van der Waals surface area contributed by atoms with Crippen LogP contribution in [0.15, 0.2) is 27.8 Å². The maximum Gasteiger partial charge on any atom is 0.335 e. The largest absolute Gasteiger partial charge is 0.478 e. The summed E-state index contributed by atoms with van der Waals surface area (Å²) >= 11 is 0. The number of carboxylic acids is 1. The monoisotopic (exact) mass is 288 g/mol. The average molecular weight is 288 g/mol. The van der Waals surface area contributed by atoms with Crippen molar-refractivity contribution in [3.05, 3.63) is 44.5 Å². The van der Waals surface area contributed by atoms with Crippen LogP contribution in [-0.2, 0) is 5.54 Å². The Morgan fingerprint density at radius 3 is 2.57 bits per heavy atom. The molecule has 1 aromatic carbocycles. The molecule has 0 bridgehead atoms. The number of hydrogen-bond donors (Lipinski definition) is 2. The molecule has 3 rings (SSSR count). The van der Waals surface area contributed by atoms with Gasteiger partial charge in [-0.2, -0.15) is 0 Å². The second-order valence-corrected chi connectivity index (χ2v) is 6.06. The Labute approximate surface area is 120 Å². The van der Waals surface area contributed by atoms with Gasteiger partial charge in [-0.05, 0) is 50.8 Å². The van der Waals surface area contributed by atoms with E-state index >= 15 is 0 Å². The molecule has 0 unspecified atom stereocenters. The zero-order valence-electron chi connectivity index (χ0n) is 11.8. The average Bonchev–Trinajstić information content (AvgIpc) is 3.23. The molecular weight excluding hydrogens is 272 g/mol. The molecule has 1 heterocycles. The van der Waals surface area contributed by atoms with Crippen LogP contribution in [0.25, 0.3) is 11.0 Å². The summed E-state index contributed by atoms with van der Waals surface area (Å²) in [4.78, 5) is 37.7. The molecule has 1 aliphatic carbocycles. The quantitative estimate of drug-likeness (QED) is 0.838. The van der Waals surface area contributed by atoms with Crippen LogP contribution in [0.1, 0.15) is 37.0 Å². The molecule has 6 nitrogen and oxygen atoms in total. The first-order valence-corrected chi connectivity index (χ1v) is 6.85. The number of H-pyrrole nitrogens is 1. The normalized spacial score (nSPS) is 15.3. The molecule has 1 fully saturated rings. The van der Waals surface area contributed by atoms with Crippen molar-refractivity contribution in [2.75, 3.05) is 0 Å². The minimum atomic E-state index is -1.07. The van der Waals surface area contributed by atoms with Gasteiger partial charge in [0.2, 0.25) is 0 Å². The lowest BCUT2D eigenvalue weighted by molar-refractivity contribution is 0.0697. The van der Waals surface area contributed by atoms with Gasteiger partial charge in [0.15, 0.2) is 0 Å². The number of rotatable bonds is 3. The van der Waals surface area contributed by atoms with Crippen LogP contribution in [0.4, 0.5) is 0 Å². The van der Waals surface area contributed by atoms with Gasteiger partial charge in [0.1, 0.15) is 0 Å². The van der Waals surface area contributed by atoms with Crippen molar-refractivity contribution in [1.29, 1.82) is 0 Å². The van der Waals surface area contributed by atoms with E-state index < -0.39 is 22.6 Å². The molecule has 0 amide bonds. The molecule has 21 heavy (non-hydrogen) atoms. The first kappa shape index (κ1) is 13.6. The fourth-order valence-corrected chi connectivity index (χ4v) is 2.90. The van der Waals surface area contributed by atoms with Crippen molar-refractivity contribution in [3.63, 3.8) is 0 Å². The van der Waals surface area contributed by atoms with Crippen molar-refractivity contribution in [2.45, 2.75) is 32.2 Å². The van der Waals surface area contributed by atoms with Crippen molar-refractivity contribution in [3.8, 4) is 0 Å². The van der Waals surface area contributed by atoms with Gasteiger partial charge in [0.25, 0.3) is 0 Å². The zero-order valence-corrected chi connectivity index (χ0v) is 11.8. The molecule has 0 radical (unpaired) electrons. The van der Waals surface area contributed by atoms with E-state index in [9.17, 15) is 14.4 Å². The third-order valence-electron chi connectivity index (χ3n) is 4.28. The maximum absolute atomic E-state index is 12.3. The molecule has 2 N–H and O–H groups in total. The van der Waals surface area contributed by atoms with Gasteiger partial charge >= 0.3 is 17.1 Å². The van der Waals surface area contributed by atoms with Gasteiger partial charge in [-0.25, -0.2) is 4.79 Å². The molecule has 110 valence electrons. The fourth-order valence-electron chi connectivity index (χ4n) is 2.90. The number of aromatic carboxylic acids is 1. The smallest absolute Gasteiger partial charge is 0.335 e. The highest BCUT2D eigenvalue weighted by atomic mass is 16.4. The molecule has 0 spiro atoms. The lowest BCUT2D eigenvalue weighted by Gasteiger charge is -2.29. The lowest BCUT2D eigenvalue weighted by Crippen LogP contribution is -2.45. The van der Waals surface area contributed by atoms with Crippen LogP contribution in [0.2, 0.25) is 0 Å².